The quantitative estimate of drug-likeness (QED) is 0.294. The molecule has 3 nitrogen and oxygen atoms in total. The van der Waals surface area contributed by atoms with Crippen molar-refractivity contribution in [1.82, 2.24) is 0 Å². The van der Waals surface area contributed by atoms with Gasteiger partial charge in [0.15, 0.2) is 0 Å². The number of rotatable bonds is 10. The lowest BCUT2D eigenvalue weighted by Gasteiger charge is -2.28. The van der Waals surface area contributed by atoms with Crippen LogP contribution in [-0.4, -0.2) is 12.6 Å². The third kappa shape index (κ3) is 7.41. The molecule has 1 saturated carbocycles. The number of carbonyl (C=O) groups excluding carboxylic acids is 1. The van der Waals surface area contributed by atoms with Crippen LogP contribution in [-0.2, 0) is 6.42 Å². The molecule has 3 rings (SSSR count). The Kier molecular flexibility index (Phi) is 8.99. The van der Waals surface area contributed by atoms with Gasteiger partial charge in [-0.3, -0.25) is 0 Å². The summed E-state index contributed by atoms with van der Waals surface area (Å²) in [5.74, 6) is 3.29. The second kappa shape index (κ2) is 11.9. The third-order valence-electron chi connectivity index (χ3n) is 6.65. The Hall–Kier alpha value is -2.29. The number of hydrogen-bond acceptors (Lipinski definition) is 3. The van der Waals surface area contributed by atoms with Gasteiger partial charge in [-0.05, 0) is 79.0 Å². The van der Waals surface area contributed by atoms with E-state index in [1.54, 1.807) is 12.1 Å². The summed E-state index contributed by atoms with van der Waals surface area (Å²) in [5, 5.41) is 0. The zero-order valence-corrected chi connectivity index (χ0v) is 19.4. The standard InChI is InChI=1S/C28H38O3/c1-4-6-22-7-9-24(10-8-22)20-30-26-17-13-25(14-18-26)28(29)31-27-15-11-23(12-16-27)19-21(3)5-2/h11-18,21-22,24H,4-10,19-20H2,1-3H3. The second-order valence-electron chi connectivity index (χ2n) is 9.26. The number of ether oxygens (including phenoxy) is 2. The zero-order chi connectivity index (χ0) is 22.1. The predicted octanol–water partition coefficient (Wildman–Crippen LogP) is 7.48. The molecule has 0 N–H and O–H groups in total. The Labute approximate surface area is 188 Å². The monoisotopic (exact) mass is 422 g/mol. The lowest BCUT2D eigenvalue weighted by Crippen LogP contribution is -2.20. The average molecular weight is 423 g/mol. The fourth-order valence-corrected chi connectivity index (χ4v) is 4.40. The maximum atomic E-state index is 12.5. The molecule has 2 aromatic rings. The van der Waals surface area contributed by atoms with Crippen LogP contribution in [0.1, 0.15) is 81.6 Å². The van der Waals surface area contributed by atoms with E-state index in [1.807, 2.05) is 36.4 Å². The van der Waals surface area contributed by atoms with Gasteiger partial charge >= 0.3 is 5.97 Å². The molecule has 0 aliphatic heterocycles. The van der Waals surface area contributed by atoms with E-state index in [9.17, 15) is 4.79 Å². The first-order valence-electron chi connectivity index (χ1n) is 12.1. The van der Waals surface area contributed by atoms with Crippen LogP contribution in [0.15, 0.2) is 48.5 Å². The topological polar surface area (TPSA) is 35.5 Å². The minimum absolute atomic E-state index is 0.338. The normalized spacial score (nSPS) is 19.6. The SMILES string of the molecule is CCCC1CCC(COc2ccc(C(=O)Oc3ccc(CC(C)CC)cc3)cc2)CC1. The Morgan fingerprint density at radius 1 is 0.903 bits per heavy atom. The van der Waals surface area contributed by atoms with Crippen LogP contribution < -0.4 is 9.47 Å². The van der Waals surface area contributed by atoms with E-state index in [4.69, 9.17) is 9.47 Å². The summed E-state index contributed by atoms with van der Waals surface area (Å²) >= 11 is 0. The highest BCUT2D eigenvalue weighted by molar-refractivity contribution is 5.91. The van der Waals surface area contributed by atoms with Crippen molar-refractivity contribution in [2.75, 3.05) is 6.61 Å². The number of hydrogen-bond donors (Lipinski definition) is 0. The average Bonchev–Trinajstić information content (AvgIpc) is 2.80. The summed E-state index contributed by atoms with van der Waals surface area (Å²) in [6.45, 7) is 7.50. The van der Waals surface area contributed by atoms with Crippen molar-refractivity contribution in [2.45, 2.75) is 72.1 Å². The van der Waals surface area contributed by atoms with Gasteiger partial charge in [0.2, 0.25) is 0 Å². The van der Waals surface area contributed by atoms with Crippen molar-refractivity contribution < 1.29 is 14.3 Å². The van der Waals surface area contributed by atoms with Crippen LogP contribution in [0.25, 0.3) is 0 Å². The van der Waals surface area contributed by atoms with Gasteiger partial charge < -0.3 is 9.47 Å². The minimum Gasteiger partial charge on any atom is -0.493 e. The van der Waals surface area contributed by atoms with Crippen LogP contribution in [0.5, 0.6) is 11.5 Å². The fraction of sp³-hybridized carbons (Fsp3) is 0.536. The fourth-order valence-electron chi connectivity index (χ4n) is 4.40. The van der Waals surface area contributed by atoms with Gasteiger partial charge in [0.25, 0.3) is 0 Å². The van der Waals surface area contributed by atoms with E-state index < -0.39 is 0 Å². The maximum Gasteiger partial charge on any atom is 0.343 e. The van der Waals surface area contributed by atoms with E-state index in [-0.39, 0.29) is 5.97 Å². The largest absolute Gasteiger partial charge is 0.493 e. The summed E-state index contributed by atoms with van der Waals surface area (Å²) in [6.07, 6.45) is 10.1. The van der Waals surface area contributed by atoms with Crippen molar-refractivity contribution in [3.8, 4) is 11.5 Å². The molecule has 1 atom stereocenters. The summed E-state index contributed by atoms with van der Waals surface area (Å²) in [5.41, 5.74) is 1.81. The van der Waals surface area contributed by atoms with Crippen LogP contribution in [0, 0.1) is 17.8 Å². The molecule has 168 valence electrons. The second-order valence-corrected chi connectivity index (χ2v) is 9.26. The van der Waals surface area contributed by atoms with Crippen LogP contribution >= 0.6 is 0 Å². The third-order valence-corrected chi connectivity index (χ3v) is 6.65. The minimum atomic E-state index is -0.338. The van der Waals surface area contributed by atoms with Crippen molar-refractivity contribution in [3.63, 3.8) is 0 Å². The van der Waals surface area contributed by atoms with Gasteiger partial charge in [-0.15, -0.1) is 0 Å². The lowest BCUT2D eigenvalue weighted by molar-refractivity contribution is 0.0734. The number of carbonyl (C=O) groups is 1. The smallest absolute Gasteiger partial charge is 0.343 e. The van der Waals surface area contributed by atoms with Crippen LogP contribution in [0.4, 0.5) is 0 Å². The van der Waals surface area contributed by atoms with Crippen molar-refractivity contribution in [1.29, 1.82) is 0 Å². The first kappa shape index (κ1) is 23.4. The van der Waals surface area contributed by atoms with E-state index in [0.29, 0.717) is 23.1 Å². The molecule has 0 aromatic heterocycles. The van der Waals surface area contributed by atoms with Gasteiger partial charge in [-0.25, -0.2) is 4.79 Å². The van der Waals surface area contributed by atoms with E-state index >= 15 is 0 Å². The van der Waals surface area contributed by atoms with E-state index in [0.717, 1.165) is 31.1 Å². The Morgan fingerprint density at radius 3 is 2.13 bits per heavy atom. The number of esters is 1. The molecule has 1 fully saturated rings. The van der Waals surface area contributed by atoms with Gasteiger partial charge in [-0.2, -0.15) is 0 Å². The van der Waals surface area contributed by atoms with E-state index in [1.165, 1.54) is 44.1 Å². The maximum absolute atomic E-state index is 12.5. The molecule has 0 radical (unpaired) electrons. The molecular weight excluding hydrogens is 384 g/mol. The number of benzene rings is 2. The predicted molar refractivity (Wildman–Crippen MR) is 127 cm³/mol. The molecule has 1 aliphatic rings. The highest BCUT2D eigenvalue weighted by Gasteiger charge is 2.21. The molecule has 1 aliphatic carbocycles. The first-order chi connectivity index (χ1) is 15.1. The van der Waals surface area contributed by atoms with Crippen molar-refractivity contribution in [3.05, 3.63) is 59.7 Å². The first-order valence-corrected chi connectivity index (χ1v) is 12.1. The highest BCUT2D eigenvalue weighted by Crippen LogP contribution is 2.32. The summed E-state index contributed by atoms with van der Waals surface area (Å²) in [4.78, 5) is 12.5. The molecule has 3 heteroatoms. The van der Waals surface area contributed by atoms with Crippen molar-refractivity contribution in [2.24, 2.45) is 17.8 Å². The molecule has 2 aromatic carbocycles. The van der Waals surface area contributed by atoms with Gasteiger partial charge in [0.05, 0.1) is 12.2 Å². The summed E-state index contributed by atoms with van der Waals surface area (Å²) in [6, 6.07) is 15.1. The van der Waals surface area contributed by atoms with Crippen LogP contribution in [0.2, 0.25) is 0 Å². The molecule has 0 spiro atoms. The van der Waals surface area contributed by atoms with E-state index in [2.05, 4.69) is 20.8 Å². The van der Waals surface area contributed by atoms with Crippen LogP contribution in [0.3, 0.4) is 0 Å². The highest BCUT2D eigenvalue weighted by atomic mass is 16.5. The lowest BCUT2D eigenvalue weighted by atomic mass is 9.80. The van der Waals surface area contributed by atoms with Gasteiger partial charge in [0.1, 0.15) is 11.5 Å². The molecule has 0 bridgehead atoms. The molecule has 0 amide bonds. The van der Waals surface area contributed by atoms with Gasteiger partial charge in [-0.1, -0.05) is 65.0 Å². The molecular formula is C28H38O3. The Morgan fingerprint density at radius 2 is 1.52 bits per heavy atom. The van der Waals surface area contributed by atoms with Gasteiger partial charge in [0, 0.05) is 0 Å². The molecule has 31 heavy (non-hydrogen) atoms. The molecule has 0 heterocycles. The zero-order valence-electron chi connectivity index (χ0n) is 19.4. The Balaban J connectivity index is 1.44. The summed E-state index contributed by atoms with van der Waals surface area (Å²) < 4.78 is 11.5. The van der Waals surface area contributed by atoms with Crippen molar-refractivity contribution >= 4 is 5.97 Å². The Bertz CT molecular complexity index is 786. The summed E-state index contributed by atoms with van der Waals surface area (Å²) in [7, 11) is 0. The molecule has 1 unspecified atom stereocenters. The molecule has 0 saturated heterocycles.